The Morgan fingerprint density at radius 3 is 2.55 bits per heavy atom. The van der Waals surface area contributed by atoms with Gasteiger partial charge in [-0.1, -0.05) is 12.1 Å². The smallest absolute Gasteiger partial charge is 0.465 e. The van der Waals surface area contributed by atoms with Crippen LogP contribution < -0.4 is 4.74 Å². The zero-order valence-corrected chi connectivity index (χ0v) is 11.1. The molecule has 0 N–H and O–H groups in total. The summed E-state index contributed by atoms with van der Waals surface area (Å²) in [6, 6.07) is 6.20. The van der Waals surface area contributed by atoms with Crippen molar-refractivity contribution < 1.29 is 31.8 Å². The van der Waals surface area contributed by atoms with E-state index in [0.29, 0.717) is 0 Å². The quantitative estimate of drug-likeness (QED) is 0.642. The van der Waals surface area contributed by atoms with Gasteiger partial charge in [0.1, 0.15) is 5.75 Å². The van der Waals surface area contributed by atoms with Crippen molar-refractivity contribution in [2.75, 3.05) is 7.11 Å². The minimum absolute atomic E-state index is 0.0371. The van der Waals surface area contributed by atoms with E-state index in [9.17, 15) is 22.4 Å². The zero-order valence-electron chi connectivity index (χ0n) is 11.1. The molecule has 0 radical (unpaired) electrons. The molecule has 2 aromatic rings. The number of pyridine rings is 1. The summed E-state index contributed by atoms with van der Waals surface area (Å²) in [4.78, 5) is 15.1. The molecular weight excluding hydrogens is 306 g/mol. The predicted octanol–water partition coefficient (Wildman–Crippen LogP) is 3.57. The lowest BCUT2D eigenvalue weighted by atomic mass is 10.1. The summed E-state index contributed by atoms with van der Waals surface area (Å²) in [5.41, 5.74) is -0.527. The fraction of sp³-hybridized carbons (Fsp3) is 0.143. The first-order valence-corrected chi connectivity index (χ1v) is 5.91. The number of hydrogen-bond donors (Lipinski definition) is 0. The fourth-order valence-electron chi connectivity index (χ4n) is 1.74. The molecule has 0 unspecified atom stereocenters. The van der Waals surface area contributed by atoms with Gasteiger partial charge in [-0.25, -0.2) is 9.18 Å². The average Bonchev–Trinajstić information content (AvgIpc) is 2.46. The van der Waals surface area contributed by atoms with Crippen molar-refractivity contribution in [1.29, 1.82) is 0 Å². The largest absolute Gasteiger partial charge is 0.573 e. The molecule has 0 aliphatic heterocycles. The Hall–Kier alpha value is -2.64. The average molecular weight is 315 g/mol. The molecule has 1 aromatic heterocycles. The molecule has 0 fully saturated rings. The van der Waals surface area contributed by atoms with E-state index in [-0.39, 0.29) is 11.3 Å². The van der Waals surface area contributed by atoms with Crippen LogP contribution in [-0.2, 0) is 4.74 Å². The predicted molar refractivity (Wildman–Crippen MR) is 67.7 cm³/mol. The SMILES string of the molecule is COC(=O)c1cc(-c2ccccc2OC(F)(F)F)ncc1F. The van der Waals surface area contributed by atoms with E-state index in [0.717, 1.165) is 25.4 Å². The molecule has 0 atom stereocenters. The van der Waals surface area contributed by atoms with Crippen LogP contribution >= 0.6 is 0 Å². The molecule has 22 heavy (non-hydrogen) atoms. The lowest BCUT2D eigenvalue weighted by molar-refractivity contribution is -0.274. The maximum atomic E-state index is 13.5. The first-order chi connectivity index (χ1) is 10.3. The number of alkyl halides is 3. The van der Waals surface area contributed by atoms with Crippen molar-refractivity contribution in [3.63, 3.8) is 0 Å². The van der Waals surface area contributed by atoms with E-state index in [1.165, 1.54) is 18.2 Å². The van der Waals surface area contributed by atoms with E-state index >= 15 is 0 Å². The van der Waals surface area contributed by atoms with Crippen LogP contribution in [0.2, 0.25) is 0 Å². The Morgan fingerprint density at radius 2 is 1.91 bits per heavy atom. The number of rotatable bonds is 3. The molecule has 8 heteroatoms. The van der Waals surface area contributed by atoms with Crippen LogP contribution in [0.1, 0.15) is 10.4 Å². The second kappa shape index (κ2) is 6.00. The van der Waals surface area contributed by atoms with Crippen LogP contribution in [-0.4, -0.2) is 24.4 Å². The topological polar surface area (TPSA) is 48.4 Å². The summed E-state index contributed by atoms with van der Waals surface area (Å²) in [5.74, 6) is -2.41. The highest BCUT2D eigenvalue weighted by Gasteiger charge is 2.32. The number of carbonyl (C=O) groups excluding carboxylic acids is 1. The van der Waals surface area contributed by atoms with E-state index < -0.39 is 29.5 Å². The molecule has 0 saturated carbocycles. The first-order valence-electron chi connectivity index (χ1n) is 5.91. The van der Waals surface area contributed by atoms with Gasteiger partial charge in [-0.3, -0.25) is 4.98 Å². The number of ether oxygens (including phenoxy) is 2. The number of esters is 1. The molecule has 1 heterocycles. The molecule has 0 saturated heterocycles. The summed E-state index contributed by atoms with van der Waals surface area (Å²) in [5, 5.41) is 0. The molecule has 0 spiro atoms. The second-order valence-corrected chi connectivity index (χ2v) is 4.08. The van der Waals surface area contributed by atoms with Crippen molar-refractivity contribution in [2.24, 2.45) is 0 Å². The maximum Gasteiger partial charge on any atom is 0.573 e. The van der Waals surface area contributed by atoms with Gasteiger partial charge in [-0.2, -0.15) is 0 Å². The lowest BCUT2D eigenvalue weighted by Crippen LogP contribution is -2.17. The molecule has 1 aromatic carbocycles. The third kappa shape index (κ3) is 3.51. The summed E-state index contributed by atoms with van der Waals surface area (Å²) in [6.45, 7) is 0. The van der Waals surface area contributed by atoms with E-state index in [2.05, 4.69) is 14.5 Å². The third-order valence-electron chi connectivity index (χ3n) is 2.65. The van der Waals surface area contributed by atoms with Crippen molar-refractivity contribution >= 4 is 5.97 Å². The number of carbonyl (C=O) groups is 1. The normalized spacial score (nSPS) is 11.1. The number of methoxy groups -OCH3 is 1. The van der Waals surface area contributed by atoms with Gasteiger partial charge in [-0.15, -0.1) is 13.2 Å². The van der Waals surface area contributed by atoms with Gasteiger partial charge in [0.25, 0.3) is 0 Å². The van der Waals surface area contributed by atoms with Gasteiger partial charge >= 0.3 is 12.3 Å². The molecule has 0 amide bonds. The summed E-state index contributed by atoms with van der Waals surface area (Å²) >= 11 is 0. The number of benzene rings is 1. The second-order valence-electron chi connectivity index (χ2n) is 4.08. The van der Waals surface area contributed by atoms with Crippen molar-refractivity contribution in [3.05, 3.63) is 47.9 Å². The van der Waals surface area contributed by atoms with Crippen LogP contribution in [0.5, 0.6) is 5.75 Å². The highest BCUT2D eigenvalue weighted by molar-refractivity contribution is 5.91. The summed E-state index contributed by atoms with van der Waals surface area (Å²) < 4.78 is 59.0. The molecule has 0 aliphatic rings. The number of aromatic nitrogens is 1. The molecule has 0 bridgehead atoms. The Bertz CT molecular complexity index is 701. The molecule has 116 valence electrons. The highest BCUT2D eigenvalue weighted by Crippen LogP contribution is 2.33. The Labute approximate surface area is 122 Å². The Kier molecular flexibility index (Phi) is 4.30. The molecule has 4 nitrogen and oxygen atoms in total. The van der Waals surface area contributed by atoms with Crippen molar-refractivity contribution in [3.8, 4) is 17.0 Å². The monoisotopic (exact) mass is 315 g/mol. The van der Waals surface area contributed by atoms with Crippen LogP contribution in [0.3, 0.4) is 0 Å². The van der Waals surface area contributed by atoms with Gasteiger partial charge in [-0.05, 0) is 18.2 Å². The van der Waals surface area contributed by atoms with Gasteiger partial charge in [0, 0.05) is 5.56 Å². The number of halogens is 4. The number of hydrogen-bond acceptors (Lipinski definition) is 4. The van der Waals surface area contributed by atoms with Gasteiger partial charge in [0.2, 0.25) is 0 Å². The van der Waals surface area contributed by atoms with Crippen LogP contribution in [0.25, 0.3) is 11.3 Å². The van der Waals surface area contributed by atoms with Crippen LogP contribution in [0, 0.1) is 5.82 Å². The molecule has 2 rings (SSSR count). The summed E-state index contributed by atoms with van der Waals surface area (Å²) in [6.07, 6.45) is -4.16. The number of nitrogens with zero attached hydrogens (tertiary/aromatic N) is 1. The van der Waals surface area contributed by atoms with Crippen LogP contribution in [0.4, 0.5) is 17.6 Å². The van der Waals surface area contributed by atoms with Gasteiger partial charge < -0.3 is 9.47 Å². The number of para-hydroxylation sites is 1. The minimum Gasteiger partial charge on any atom is -0.465 e. The minimum atomic E-state index is -4.89. The fourth-order valence-corrected chi connectivity index (χ4v) is 1.74. The third-order valence-corrected chi connectivity index (χ3v) is 2.65. The Morgan fingerprint density at radius 1 is 1.23 bits per heavy atom. The summed E-state index contributed by atoms with van der Waals surface area (Å²) in [7, 11) is 1.06. The van der Waals surface area contributed by atoms with Crippen molar-refractivity contribution in [2.45, 2.75) is 6.36 Å². The first kappa shape index (κ1) is 15.7. The molecule has 0 aliphatic carbocycles. The van der Waals surface area contributed by atoms with E-state index in [1.54, 1.807) is 0 Å². The van der Waals surface area contributed by atoms with E-state index in [1.807, 2.05) is 0 Å². The van der Waals surface area contributed by atoms with Crippen molar-refractivity contribution in [1.82, 2.24) is 4.98 Å². The van der Waals surface area contributed by atoms with E-state index in [4.69, 9.17) is 0 Å². The molecular formula is C14H9F4NO3. The van der Waals surface area contributed by atoms with Gasteiger partial charge in [0.15, 0.2) is 5.82 Å². The highest BCUT2D eigenvalue weighted by atomic mass is 19.4. The maximum absolute atomic E-state index is 13.5. The lowest BCUT2D eigenvalue weighted by Gasteiger charge is -2.13. The Balaban J connectivity index is 2.51. The zero-order chi connectivity index (χ0) is 16.3. The standard InChI is InChI=1S/C14H9F4NO3/c1-21-13(20)9-6-11(19-7-10(9)15)8-4-2-3-5-12(8)22-14(16,17)18/h2-7H,1H3. The van der Waals surface area contributed by atoms with Crippen LogP contribution in [0.15, 0.2) is 36.5 Å². The van der Waals surface area contributed by atoms with Gasteiger partial charge in [0.05, 0.1) is 24.6 Å².